The molecule has 2 heterocycles. The number of amides is 1. The highest BCUT2D eigenvalue weighted by Crippen LogP contribution is 2.38. The second-order valence-electron chi connectivity index (χ2n) is 8.50. The van der Waals surface area contributed by atoms with Crippen LogP contribution < -0.4 is 10.6 Å². The van der Waals surface area contributed by atoms with Gasteiger partial charge in [-0.1, -0.05) is 60.7 Å². The smallest absolute Gasteiger partial charge is 0.221 e. The van der Waals surface area contributed by atoms with Gasteiger partial charge in [-0.15, -0.1) is 0 Å². The van der Waals surface area contributed by atoms with Gasteiger partial charge in [0.05, 0.1) is 0 Å². The zero-order valence-electron chi connectivity index (χ0n) is 17.9. The molecule has 7 nitrogen and oxygen atoms in total. The molecular formula is C24H30N2O5. The maximum Gasteiger partial charge on any atom is 0.221 e. The second kappa shape index (κ2) is 9.46. The Bertz CT molecular complexity index is 861. The van der Waals surface area contributed by atoms with Crippen molar-refractivity contribution in [2.24, 2.45) is 0 Å². The number of aliphatic hydroxyl groups is 1. The predicted octanol–water partition coefficient (Wildman–Crippen LogP) is 2.09. The van der Waals surface area contributed by atoms with Gasteiger partial charge in [0.2, 0.25) is 5.91 Å². The Labute approximate surface area is 182 Å². The molecule has 2 aliphatic rings. The number of benzene rings is 2. The van der Waals surface area contributed by atoms with Crippen LogP contribution in [0, 0.1) is 0 Å². The molecular weight excluding hydrogens is 396 g/mol. The molecule has 5 atom stereocenters. The lowest BCUT2D eigenvalue weighted by Gasteiger charge is -2.29. The van der Waals surface area contributed by atoms with Gasteiger partial charge < -0.3 is 30.0 Å². The summed E-state index contributed by atoms with van der Waals surface area (Å²) in [4.78, 5) is 12.7. The maximum absolute atomic E-state index is 12.7. The minimum atomic E-state index is -0.901. The van der Waals surface area contributed by atoms with Crippen LogP contribution in [0.2, 0.25) is 0 Å². The third kappa shape index (κ3) is 5.50. The van der Waals surface area contributed by atoms with E-state index in [1.54, 1.807) is 13.8 Å². The molecule has 0 aliphatic carbocycles. The summed E-state index contributed by atoms with van der Waals surface area (Å²) < 4.78 is 17.6. The second-order valence-corrected chi connectivity index (χ2v) is 8.50. The molecule has 31 heavy (non-hydrogen) atoms. The molecule has 2 aliphatic heterocycles. The van der Waals surface area contributed by atoms with Crippen molar-refractivity contribution < 1.29 is 24.1 Å². The van der Waals surface area contributed by atoms with Gasteiger partial charge in [-0.2, -0.15) is 0 Å². The van der Waals surface area contributed by atoms with Crippen LogP contribution in [0.5, 0.6) is 0 Å². The first-order valence-corrected chi connectivity index (χ1v) is 10.7. The average molecular weight is 427 g/mol. The van der Waals surface area contributed by atoms with Gasteiger partial charge in [-0.05, 0) is 25.0 Å². The standard InChI is InChI=1S/C24H30N2O5/c1-24(2)30-22-20(28)21(29-23(22)31-24)18(25-14-16-9-5-3-6-10-16)13-19(27)26-15-17-11-7-4-8-12-17/h3-12,18,20-23,25,28H,13-15H2,1-2H3,(H,26,27)/t18-,20-,21+,22+,23+/m0/s1. The number of hydrogen-bond donors (Lipinski definition) is 3. The molecule has 166 valence electrons. The van der Waals surface area contributed by atoms with Crippen molar-refractivity contribution >= 4 is 5.91 Å². The van der Waals surface area contributed by atoms with Crippen molar-refractivity contribution in [1.82, 2.24) is 10.6 Å². The van der Waals surface area contributed by atoms with E-state index in [9.17, 15) is 9.90 Å². The van der Waals surface area contributed by atoms with Crippen LogP contribution in [0.1, 0.15) is 31.4 Å². The molecule has 7 heteroatoms. The summed E-state index contributed by atoms with van der Waals surface area (Å²) in [5, 5.41) is 17.2. The number of nitrogens with one attached hydrogen (secondary N) is 2. The van der Waals surface area contributed by atoms with Crippen LogP contribution in [0.25, 0.3) is 0 Å². The number of rotatable bonds is 8. The third-order valence-electron chi connectivity index (χ3n) is 5.60. The van der Waals surface area contributed by atoms with E-state index in [0.29, 0.717) is 13.1 Å². The summed E-state index contributed by atoms with van der Waals surface area (Å²) >= 11 is 0. The van der Waals surface area contributed by atoms with E-state index in [0.717, 1.165) is 11.1 Å². The van der Waals surface area contributed by atoms with Crippen LogP contribution >= 0.6 is 0 Å². The molecule has 3 N–H and O–H groups in total. The highest BCUT2D eigenvalue weighted by atomic mass is 16.8. The van der Waals surface area contributed by atoms with E-state index in [1.807, 2.05) is 60.7 Å². The van der Waals surface area contributed by atoms with Gasteiger partial charge in [-0.3, -0.25) is 4.79 Å². The normalized spacial score (nSPS) is 27.6. The van der Waals surface area contributed by atoms with Crippen molar-refractivity contribution in [2.75, 3.05) is 0 Å². The Morgan fingerprint density at radius 2 is 1.61 bits per heavy atom. The molecule has 0 unspecified atom stereocenters. The first-order valence-electron chi connectivity index (χ1n) is 10.7. The van der Waals surface area contributed by atoms with Crippen molar-refractivity contribution in [3.05, 3.63) is 71.8 Å². The Balaban J connectivity index is 1.41. The van der Waals surface area contributed by atoms with Gasteiger partial charge >= 0.3 is 0 Å². The summed E-state index contributed by atoms with van der Waals surface area (Å²) in [6.07, 6.45) is -2.60. The lowest BCUT2D eigenvalue weighted by Crippen LogP contribution is -2.49. The maximum atomic E-state index is 12.7. The minimum Gasteiger partial charge on any atom is -0.387 e. The topological polar surface area (TPSA) is 89.1 Å². The third-order valence-corrected chi connectivity index (χ3v) is 5.60. The zero-order valence-corrected chi connectivity index (χ0v) is 17.9. The van der Waals surface area contributed by atoms with Gasteiger partial charge in [0, 0.05) is 25.6 Å². The molecule has 0 saturated carbocycles. The molecule has 2 saturated heterocycles. The fourth-order valence-electron chi connectivity index (χ4n) is 4.07. The number of fused-ring (bicyclic) bond motifs is 1. The van der Waals surface area contributed by atoms with Gasteiger partial charge in [-0.25, -0.2) is 0 Å². The van der Waals surface area contributed by atoms with Crippen LogP contribution in [-0.4, -0.2) is 47.4 Å². The lowest BCUT2D eigenvalue weighted by molar-refractivity contribution is -0.218. The van der Waals surface area contributed by atoms with Crippen LogP contribution in [0.4, 0.5) is 0 Å². The minimum absolute atomic E-state index is 0.121. The first-order chi connectivity index (χ1) is 14.9. The highest BCUT2D eigenvalue weighted by molar-refractivity contribution is 5.76. The van der Waals surface area contributed by atoms with Crippen LogP contribution in [-0.2, 0) is 32.1 Å². The number of aliphatic hydroxyl groups excluding tert-OH is 1. The molecule has 0 spiro atoms. The van der Waals surface area contributed by atoms with E-state index in [1.165, 1.54) is 0 Å². The van der Waals surface area contributed by atoms with Crippen molar-refractivity contribution in [3.63, 3.8) is 0 Å². The number of carbonyl (C=O) groups is 1. The van der Waals surface area contributed by atoms with E-state index in [2.05, 4.69) is 10.6 Å². The lowest BCUT2D eigenvalue weighted by atomic mass is 9.99. The van der Waals surface area contributed by atoms with E-state index < -0.39 is 36.4 Å². The molecule has 2 fully saturated rings. The fraction of sp³-hybridized carbons (Fsp3) is 0.458. The quantitative estimate of drug-likeness (QED) is 0.599. The van der Waals surface area contributed by atoms with Gasteiger partial charge in [0.15, 0.2) is 12.1 Å². The highest BCUT2D eigenvalue weighted by Gasteiger charge is 2.56. The molecule has 2 aromatic carbocycles. The van der Waals surface area contributed by atoms with Crippen molar-refractivity contribution in [1.29, 1.82) is 0 Å². The molecule has 0 aromatic heterocycles. The number of carbonyl (C=O) groups excluding carboxylic acids is 1. The van der Waals surface area contributed by atoms with Crippen LogP contribution in [0.15, 0.2) is 60.7 Å². The van der Waals surface area contributed by atoms with E-state index in [-0.39, 0.29) is 12.3 Å². The summed E-state index contributed by atoms with van der Waals surface area (Å²) in [6, 6.07) is 19.2. The fourth-order valence-corrected chi connectivity index (χ4v) is 4.07. The van der Waals surface area contributed by atoms with Crippen molar-refractivity contribution in [2.45, 2.75) is 69.8 Å². The van der Waals surface area contributed by atoms with Gasteiger partial charge in [0.1, 0.15) is 18.3 Å². The zero-order chi connectivity index (χ0) is 21.8. The Hall–Kier alpha value is -2.29. The van der Waals surface area contributed by atoms with Crippen LogP contribution in [0.3, 0.4) is 0 Å². The summed E-state index contributed by atoms with van der Waals surface area (Å²) in [5.41, 5.74) is 2.11. The predicted molar refractivity (Wildman–Crippen MR) is 115 cm³/mol. The molecule has 2 aromatic rings. The number of ether oxygens (including phenoxy) is 3. The average Bonchev–Trinajstić information content (AvgIpc) is 3.23. The molecule has 1 amide bonds. The van der Waals surface area contributed by atoms with Crippen molar-refractivity contribution in [3.8, 4) is 0 Å². The molecule has 4 rings (SSSR count). The Morgan fingerprint density at radius 1 is 1.00 bits per heavy atom. The SMILES string of the molecule is CC1(C)O[C@H]2O[C@H]([C@H](CC(=O)NCc3ccccc3)NCc3ccccc3)[C@H](O)[C@H]2O1. The summed E-state index contributed by atoms with van der Waals surface area (Å²) in [6.45, 7) is 4.58. The van der Waals surface area contributed by atoms with E-state index >= 15 is 0 Å². The molecule has 0 radical (unpaired) electrons. The first kappa shape index (κ1) is 21.9. The van der Waals surface area contributed by atoms with E-state index in [4.69, 9.17) is 14.2 Å². The summed E-state index contributed by atoms with van der Waals surface area (Å²) in [5.74, 6) is -0.925. The Morgan fingerprint density at radius 3 is 2.23 bits per heavy atom. The largest absolute Gasteiger partial charge is 0.387 e. The Kier molecular flexibility index (Phi) is 6.69. The van der Waals surface area contributed by atoms with Gasteiger partial charge in [0.25, 0.3) is 0 Å². The summed E-state index contributed by atoms with van der Waals surface area (Å²) in [7, 11) is 0. The molecule has 0 bridgehead atoms. The monoisotopic (exact) mass is 426 g/mol. The number of hydrogen-bond acceptors (Lipinski definition) is 6.